The summed E-state index contributed by atoms with van der Waals surface area (Å²) in [5.74, 6) is 0.607. The second-order valence-corrected chi connectivity index (χ2v) is 7.38. The number of fused-ring (bicyclic) bond motifs is 1. The molecule has 2 aromatic carbocycles. The van der Waals surface area contributed by atoms with E-state index in [1.165, 1.54) is 0 Å². The summed E-state index contributed by atoms with van der Waals surface area (Å²) in [7, 11) is 0. The molecule has 0 bridgehead atoms. The molecule has 27 heavy (non-hydrogen) atoms. The Morgan fingerprint density at radius 1 is 1.04 bits per heavy atom. The molecule has 3 aromatic rings. The fourth-order valence-corrected chi connectivity index (χ4v) is 3.84. The minimum absolute atomic E-state index is 0.0261. The van der Waals surface area contributed by atoms with Crippen LogP contribution in [0.5, 0.6) is 0 Å². The lowest BCUT2D eigenvalue weighted by Gasteiger charge is -2.32. The van der Waals surface area contributed by atoms with E-state index < -0.39 is 12.1 Å². The zero-order valence-corrected chi connectivity index (χ0v) is 15.6. The molecule has 138 valence electrons. The summed E-state index contributed by atoms with van der Waals surface area (Å²) in [4.78, 5) is 17.9. The van der Waals surface area contributed by atoms with Crippen LogP contribution in [0.1, 0.15) is 25.3 Å². The summed E-state index contributed by atoms with van der Waals surface area (Å²) in [6.45, 7) is 4.80. The number of aromatic nitrogens is 1. The van der Waals surface area contributed by atoms with Crippen molar-refractivity contribution in [1.82, 2.24) is 9.99 Å². The molecule has 4 rings (SSSR count). The highest BCUT2D eigenvalue weighted by atomic mass is 16.2. The molecule has 2 heterocycles. The third kappa shape index (κ3) is 3.04. The number of anilines is 1. The lowest BCUT2D eigenvalue weighted by Crippen LogP contribution is -2.48. The predicted molar refractivity (Wildman–Crippen MR) is 108 cm³/mol. The van der Waals surface area contributed by atoms with Crippen LogP contribution >= 0.6 is 0 Å². The maximum Gasteiger partial charge on any atom is 0.252 e. The SMILES string of the molecule is CC(C)CN1C(=O)C(c2cccc3ccccc23)C(N)N1c1ccccn1. The average molecular weight is 360 g/mol. The molecule has 1 aromatic heterocycles. The minimum Gasteiger partial charge on any atom is -0.309 e. The molecular formula is C22H24N4O. The van der Waals surface area contributed by atoms with E-state index in [4.69, 9.17) is 5.73 Å². The van der Waals surface area contributed by atoms with Crippen molar-refractivity contribution in [1.29, 1.82) is 0 Å². The molecule has 5 nitrogen and oxygen atoms in total. The Bertz CT molecular complexity index is 951. The molecule has 0 saturated carbocycles. The largest absolute Gasteiger partial charge is 0.309 e. The average Bonchev–Trinajstić information content (AvgIpc) is 2.91. The highest BCUT2D eigenvalue weighted by Gasteiger charge is 2.46. The Hall–Kier alpha value is -2.92. The van der Waals surface area contributed by atoms with E-state index in [2.05, 4.69) is 37.0 Å². The van der Waals surface area contributed by atoms with E-state index in [9.17, 15) is 4.79 Å². The third-order valence-electron chi connectivity index (χ3n) is 4.98. The first-order valence-corrected chi connectivity index (χ1v) is 9.32. The number of hydrogen-bond donors (Lipinski definition) is 1. The van der Waals surface area contributed by atoms with Crippen LogP contribution in [-0.4, -0.2) is 28.6 Å². The van der Waals surface area contributed by atoms with Crippen molar-refractivity contribution in [3.05, 3.63) is 72.4 Å². The second kappa shape index (κ2) is 7.00. The predicted octanol–water partition coefficient (Wildman–Crippen LogP) is 3.52. The van der Waals surface area contributed by atoms with Gasteiger partial charge in [-0.25, -0.2) is 9.99 Å². The van der Waals surface area contributed by atoms with Crippen molar-refractivity contribution in [2.45, 2.75) is 25.9 Å². The standard InChI is InChI=1S/C22H24N4O/c1-15(2)14-25-22(27)20(21(23)26(25)19-12-5-6-13-24-19)18-11-7-9-16-8-3-4-10-17(16)18/h3-13,15,20-21H,14,23H2,1-2H3. The van der Waals surface area contributed by atoms with Crippen LogP contribution in [0.25, 0.3) is 10.8 Å². The third-order valence-corrected chi connectivity index (χ3v) is 4.98. The van der Waals surface area contributed by atoms with Crippen LogP contribution < -0.4 is 10.7 Å². The number of benzene rings is 2. The van der Waals surface area contributed by atoms with Gasteiger partial charge in [-0.2, -0.15) is 0 Å². The monoisotopic (exact) mass is 360 g/mol. The Labute approximate surface area is 159 Å². The van der Waals surface area contributed by atoms with Gasteiger partial charge in [0.05, 0.1) is 0 Å². The quantitative estimate of drug-likeness (QED) is 0.773. The Morgan fingerprint density at radius 3 is 2.52 bits per heavy atom. The molecule has 2 atom stereocenters. The van der Waals surface area contributed by atoms with Crippen LogP contribution in [0.4, 0.5) is 5.82 Å². The summed E-state index contributed by atoms with van der Waals surface area (Å²) in [5.41, 5.74) is 7.63. The molecular weight excluding hydrogens is 336 g/mol. The van der Waals surface area contributed by atoms with Crippen molar-refractivity contribution < 1.29 is 4.79 Å². The van der Waals surface area contributed by atoms with Crippen LogP contribution in [0.15, 0.2) is 66.9 Å². The molecule has 0 aliphatic carbocycles. The van der Waals surface area contributed by atoms with Gasteiger partial charge in [0.2, 0.25) is 0 Å². The minimum atomic E-state index is -0.503. The van der Waals surface area contributed by atoms with Crippen molar-refractivity contribution in [2.75, 3.05) is 11.6 Å². The molecule has 1 fully saturated rings. The van der Waals surface area contributed by atoms with Crippen LogP contribution in [0, 0.1) is 5.92 Å². The summed E-state index contributed by atoms with van der Waals surface area (Å²) in [6.07, 6.45) is 1.22. The van der Waals surface area contributed by atoms with Gasteiger partial charge in [0.15, 0.2) is 0 Å². The van der Waals surface area contributed by atoms with E-state index in [0.717, 1.165) is 16.3 Å². The van der Waals surface area contributed by atoms with Crippen molar-refractivity contribution in [3.8, 4) is 0 Å². The number of hydrogen-bond acceptors (Lipinski definition) is 4. The lowest BCUT2D eigenvalue weighted by atomic mass is 9.91. The van der Waals surface area contributed by atoms with Crippen molar-refractivity contribution in [3.63, 3.8) is 0 Å². The van der Waals surface area contributed by atoms with Gasteiger partial charge in [-0.3, -0.25) is 9.80 Å². The number of rotatable bonds is 4. The van der Waals surface area contributed by atoms with Gasteiger partial charge in [0, 0.05) is 12.7 Å². The molecule has 5 heteroatoms. The van der Waals surface area contributed by atoms with Gasteiger partial charge in [0.1, 0.15) is 17.9 Å². The molecule has 1 aliphatic rings. The van der Waals surface area contributed by atoms with Crippen molar-refractivity contribution in [2.24, 2.45) is 11.7 Å². The lowest BCUT2D eigenvalue weighted by molar-refractivity contribution is -0.129. The first-order valence-electron chi connectivity index (χ1n) is 9.32. The smallest absolute Gasteiger partial charge is 0.252 e. The van der Waals surface area contributed by atoms with Gasteiger partial charge in [-0.15, -0.1) is 0 Å². The van der Waals surface area contributed by atoms with Crippen molar-refractivity contribution >= 4 is 22.5 Å². The Morgan fingerprint density at radius 2 is 1.78 bits per heavy atom. The van der Waals surface area contributed by atoms with Gasteiger partial charge in [-0.1, -0.05) is 62.4 Å². The summed E-state index contributed by atoms with van der Waals surface area (Å²) in [6, 6.07) is 19.9. The number of amides is 1. The molecule has 2 N–H and O–H groups in total. The van der Waals surface area contributed by atoms with E-state index in [1.54, 1.807) is 11.2 Å². The van der Waals surface area contributed by atoms with E-state index in [0.29, 0.717) is 18.3 Å². The van der Waals surface area contributed by atoms with Gasteiger partial charge in [0.25, 0.3) is 5.91 Å². The molecule has 1 aliphatic heterocycles. The van der Waals surface area contributed by atoms with E-state index >= 15 is 0 Å². The fraction of sp³-hybridized carbons (Fsp3) is 0.273. The number of hydrazine groups is 1. The fourth-order valence-electron chi connectivity index (χ4n) is 3.84. The van der Waals surface area contributed by atoms with E-state index in [1.807, 2.05) is 47.5 Å². The van der Waals surface area contributed by atoms with Gasteiger partial charge < -0.3 is 5.73 Å². The summed E-state index contributed by atoms with van der Waals surface area (Å²) >= 11 is 0. The van der Waals surface area contributed by atoms with Crippen LogP contribution in [-0.2, 0) is 4.79 Å². The Balaban J connectivity index is 1.83. The maximum absolute atomic E-state index is 13.5. The zero-order valence-electron chi connectivity index (χ0n) is 15.6. The zero-order chi connectivity index (χ0) is 19.0. The number of pyridine rings is 1. The molecule has 1 amide bonds. The Kier molecular flexibility index (Phi) is 4.54. The maximum atomic E-state index is 13.5. The van der Waals surface area contributed by atoms with Gasteiger partial charge >= 0.3 is 0 Å². The number of carbonyl (C=O) groups is 1. The van der Waals surface area contributed by atoms with E-state index in [-0.39, 0.29) is 5.91 Å². The molecule has 1 saturated heterocycles. The molecule has 2 unspecified atom stereocenters. The summed E-state index contributed by atoms with van der Waals surface area (Å²) in [5, 5.41) is 5.81. The first kappa shape index (κ1) is 17.5. The van der Waals surface area contributed by atoms with Crippen LogP contribution in [0.2, 0.25) is 0 Å². The number of carbonyl (C=O) groups excluding carboxylic acids is 1. The summed E-state index contributed by atoms with van der Waals surface area (Å²) < 4.78 is 0. The van der Waals surface area contributed by atoms with Crippen LogP contribution in [0.3, 0.4) is 0 Å². The topological polar surface area (TPSA) is 62.5 Å². The second-order valence-electron chi connectivity index (χ2n) is 7.38. The molecule has 0 spiro atoms. The first-order chi connectivity index (χ1) is 13.1. The number of nitrogens with two attached hydrogens (primary N) is 1. The number of nitrogens with zero attached hydrogens (tertiary/aromatic N) is 3. The molecule has 0 radical (unpaired) electrons. The van der Waals surface area contributed by atoms with Gasteiger partial charge in [-0.05, 0) is 34.4 Å². The highest BCUT2D eigenvalue weighted by molar-refractivity contribution is 5.96. The highest BCUT2D eigenvalue weighted by Crippen LogP contribution is 2.37. The normalized spacial score (nSPS) is 20.1.